The van der Waals surface area contributed by atoms with Crippen LogP contribution in [0.3, 0.4) is 0 Å². The highest BCUT2D eigenvalue weighted by Gasteiger charge is 2.12. The van der Waals surface area contributed by atoms with E-state index in [1.807, 2.05) is 33.8 Å². The van der Waals surface area contributed by atoms with Crippen LogP contribution in [0.2, 0.25) is 5.15 Å². The number of nitrogens with zero attached hydrogens (tertiary/aromatic N) is 3. The van der Waals surface area contributed by atoms with Crippen LogP contribution in [-0.4, -0.2) is 15.1 Å². The summed E-state index contributed by atoms with van der Waals surface area (Å²) in [6, 6.07) is 1.88. The molecule has 19 heavy (non-hydrogen) atoms. The molecule has 2 heterocycles. The molecule has 102 valence electrons. The summed E-state index contributed by atoms with van der Waals surface area (Å²) in [5.74, 6) is 2.45. The fourth-order valence-electron chi connectivity index (χ4n) is 1.61. The van der Waals surface area contributed by atoms with Gasteiger partial charge in [0.05, 0.1) is 12.2 Å². The van der Waals surface area contributed by atoms with E-state index in [0.717, 1.165) is 28.7 Å². The second kappa shape index (κ2) is 5.57. The fourth-order valence-corrected chi connectivity index (χ4v) is 1.78. The normalized spacial score (nSPS) is 11.1. The molecule has 1 N–H and O–H groups in total. The minimum atomic E-state index is 0.228. The molecule has 6 heteroatoms. The molecule has 5 nitrogen and oxygen atoms in total. The van der Waals surface area contributed by atoms with Crippen LogP contribution in [-0.2, 0) is 6.54 Å². The smallest absolute Gasteiger partial charge is 0.156 e. The highest BCUT2D eigenvalue weighted by atomic mass is 35.5. The third-order valence-electron chi connectivity index (χ3n) is 2.73. The number of hydrogen-bond acceptors (Lipinski definition) is 5. The molecule has 0 saturated carbocycles. The van der Waals surface area contributed by atoms with E-state index in [2.05, 4.69) is 20.4 Å². The van der Waals surface area contributed by atoms with Crippen molar-refractivity contribution in [1.82, 2.24) is 15.1 Å². The van der Waals surface area contributed by atoms with Crippen LogP contribution < -0.4 is 5.32 Å². The zero-order valence-electron chi connectivity index (χ0n) is 11.5. The van der Waals surface area contributed by atoms with Crippen LogP contribution in [0.15, 0.2) is 10.6 Å². The van der Waals surface area contributed by atoms with Gasteiger partial charge in [-0.2, -0.15) is 0 Å². The van der Waals surface area contributed by atoms with E-state index < -0.39 is 0 Å². The molecular weight excluding hydrogens is 264 g/mol. The summed E-state index contributed by atoms with van der Waals surface area (Å²) < 4.78 is 5.14. The molecular formula is C13H17ClN4O. The number of hydrogen-bond donors (Lipinski definition) is 1. The summed E-state index contributed by atoms with van der Waals surface area (Å²) in [7, 11) is 0. The first-order valence-electron chi connectivity index (χ1n) is 6.17. The highest BCUT2D eigenvalue weighted by molar-refractivity contribution is 6.30. The van der Waals surface area contributed by atoms with E-state index in [-0.39, 0.29) is 5.92 Å². The van der Waals surface area contributed by atoms with Gasteiger partial charge in [-0.15, -0.1) is 0 Å². The second-order valence-corrected chi connectivity index (χ2v) is 5.15. The van der Waals surface area contributed by atoms with E-state index in [1.54, 1.807) is 0 Å². The quantitative estimate of drug-likeness (QED) is 0.869. The summed E-state index contributed by atoms with van der Waals surface area (Å²) in [6.45, 7) is 8.36. The van der Waals surface area contributed by atoms with E-state index in [9.17, 15) is 0 Å². The van der Waals surface area contributed by atoms with Gasteiger partial charge < -0.3 is 9.84 Å². The summed E-state index contributed by atoms with van der Waals surface area (Å²) in [5.41, 5.74) is 1.69. The van der Waals surface area contributed by atoms with Crippen LogP contribution >= 0.6 is 11.6 Å². The first kappa shape index (κ1) is 13.8. The average molecular weight is 281 g/mol. The molecule has 0 atom stereocenters. The van der Waals surface area contributed by atoms with Gasteiger partial charge in [0.1, 0.15) is 16.8 Å². The van der Waals surface area contributed by atoms with Crippen molar-refractivity contribution in [1.29, 1.82) is 0 Å². The first-order valence-corrected chi connectivity index (χ1v) is 6.55. The number of aromatic nitrogens is 3. The number of nitrogens with one attached hydrogen (secondary N) is 1. The highest BCUT2D eigenvalue weighted by Crippen LogP contribution is 2.23. The second-order valence-electron chi connectivity index (χ2n) is 4.79. The van der Waals surface area contributed by atoms with Gasteiger partial charge in [0.2, 0.25) is 0 Å². The standard InChI is InChI=1S/C13H17ClN4O/c1-7(2)12-16-11(14)9(4)13(17-12)15-6-10-5-8(3)18-19-10/h5,7H,6H2,1-4H3,(H,15,16,17). The van der Waals surface area contributed by atoms with Crippen LogP contribution in [0.5, 0.6) is 0 Å². The molecule has 0 aromatic carbocycles. The van der Waals surface area contributed by atoms with Gasteiger partial charge in [-0.1, -0.05) is 30.6 Å². The van der Waals surface area contributed by atoms with E-state index in [4.69, 9.17) is 16.1 Å². The summed E-state index contributed by atoms with van der Waals surface area (Å²) in [5, 5.41) is 7.53. The summed E-state index contributed by atoms with van der Waals surface area (Å²) in [6.07, 6.45) is 0. The zero-order valence-corrected chi connectivity index (χ0v) is 12.2. The summed E-state index contributed by atoms with van der Waals surface area (Å²) >= 11 is 6.12. The Hall–Kier alpha value is -1.62. The van der Waals surface area contributed by atoms with Crippen molar-refractivity contribution in [3.05, 3.63) is 34.1 Å². The molecule has 2 aromatic rings. The number of halogens is 1. The first-order chi connectivity index (χ1) is 8.97. The lowest BCUT2D eigenvalue weighted by atomic mass is 10.2. The van der Waals surface area contributed by atoms with Crippen LogP contribution in [0.25, 0.3) is 0 Å². The van der Waals surface area contributed by atoms with E-state index in [1.165, 1.54) is 0 Å². The molecule has 0 aliphatic heterocycles. The van der Waals surface area contributed by atoms with Gasteiger partial charge in [0.15, 0.2) is 5.76 Å². The molecule has 2 aromatic heterocycles. The molecule has 0 bridgehead atoms. The summed E-state index contributed by atoms with van der Waals surface area (Å²) in [4.78, 5) is 8.76. The molecule has 0 amide bonds. The van der Waals surface area contributed by atoms with Crippen LogP contribution in [0, 0.1) is 13.8 Å². The maximum atomic E-state index is 6.12. The lowest BCUT2D eigenvalue weighted by Crippen LogP contribution is -2.08. The Morgan fingerprint density at radius 1 is 1.32 bits per heavy atom. The number of rotatable bonds is 4. The Kier molecular flexibility index (Phi) is 4.04. The third kappa shape index (κ3) is 3.23. The Balaban J connectivity index is 2.19. The predicted octanol–water partition coefficient (Wildman–Crippen LogP) is 3.47. The Labute approximate surface area is 117 Å². The van der Waals surface area contributed by atoms with Gasteiger partial charge in [-0.25, -0.2) is 9.97 Å². The monoisotopic (exact) mass is 280 g/mol. The molecule has 2 rings (SSSR count). The molecule has 0 radical (unpaired) electrons. The molecule has 0 aliphatic rings. The van der Waals surface area contributed by atoms with Crippen molar-refractivity contribution in [3.8, 4) is 0 Å². The maximum absolute atomic E-state index is 6.12. The van der Waals surface area contributed by atoms with Gasteiger partial charge in [0, 0.05) is 17.5 Å². The zero-order chi connectivity index (χ0) is 14.0. The van der Waals surface area contributed by atoms with Crippen LogP contribution in [0.1, 0.15) is 42.6 Å². The topological polar surface area (TPSA) is 63.8 Å². The average Bonchev–Trinajstić information content (AvgIpc) is 2.76. The van der Waals surface area contributed by atoms with Crippen molar-refractivity contribution in [2.75, 3.05) is 5.32 Å². The largest absolute Gasteiger partial charge is 0.362 e. The maximum Gasteiger partial charge on any atom is 0.156 e. The Morgan fingerprint density at radius 2 is 2.05 bits per heavy atom. The van der Waals surface area contributed by atoms with Gasteiger partial charge in [0.25, 0.3) is 0 Å². The number of aryl methyl sites for hydroxylation is 1. The number of anilines is 1. The van der Waals surface area contributed by atoms with Gasteiger partial charge >= 0.3 is 0 Å². The predicted molar refractivity (Wildman–Crippen MR) is 74.4 cm³/mol. The molecule has 0 saturated heterocycles. The van der Waals surface area contributed by atoms with Gasteiger partial charge in [-0.05, 0) is 13.8 Å². The fraction of sp³-hybridized carbons (Fsp3) is 0.462. The van der Waals surface area contributed by atoms with E-state index >= 15 is 0 Å². The minimum absolute atomic E-state index is 0.228. The van der Waals surface area contributed by atoms with Gasteiger partial charge in [-0.3, -0.25) is 0 Å². The van der Waals surface area contributed by atoms with Crippen molar-refractivity contribution in [2.24, 2.45) is 0 Å². The van der Waals surface area contributed by atoms with Crippen molar-refractivity contribution < 1.29 is 4.52 Å². The lowest BCUT2D eigenvalue weighted by molar-refractivity contribution is 0.384. The molecule has 0 aliphatic carbocycles. The lowest BCUT2D eigenvalue weighted by Gasteiger charge is -2.11. The Morgan fingerprint density at radius 3 is 2.63 bits per heavy atom. The van der Waals surface area contributed by atoms with Crippen LogP contribution in [0.4, 0.5) is 5.82 Å². The van der Waals surface area contributed by atoms with Crippen molar-refractivity contribution in [2.45, 2.75) is 40.2 Å². The Bertz CT molecular complexity index is 580. The van der Waals surface area contributed by atoms with Crippen molar-refractivity contribution >= 4 is 17.4 Å². The van der Waals surface area contributed by atoms with Crippen molar-refractivity contribution in [3.63, 3.8) is 0 Å². The molecule has 0 spiro atoms. The molecule has 0 fully saturated rings. The third-order valence-corrected chi connectivity index (χ3v) is 3.09. The SMILES string of the molecule is Cc1cc(CNc2nc(C(C)C)nc(Cl)c2C)on1. The van der Waals surface area contributed by atoms with E-state index in [0.29, 0.717) is 11.7 Å². The molecule has 0 unspecified atom stereocenters. The minimum Gasteiger partial charge on any atom is -0.362 e.